The van der Waals surface area contributed by atoms with Gasteiger partial charge in [0, 0.05) is 54.7 Å². The number of aliphatic hydroxyl groups is 1. The van der Waals surface area contributed by atoms with Crippen molar-refractivity contribution in [3.8, 4) is 5.75 Å². The SMILES string of the molecule is COc1cc(F)c([C@H]2CC(=O)N(c3cc(C)cc(C4CCN(CCO)CC4)n3)C2)c(F)c1. The molecule has 0 bridgehead atoms. The molecule has 0 spiro atoms. The van der Waals surface area contributed by atoms with Gasteiger partial charge in [-0.05, 0) is 50.6 Å². The minimum absolute atomic E-state index is 0.0324. The van der Waals surface area contributed by atoms with E-state index in [0.29, 0.717) is 12.4 Å². The van der Waals surface area contributed by atoms with E-state index in [-0.39, 0.29) is 42.7 Å². The maximum atomic E-state index is 14.6. The van der Waals surface area contributed by atoms with Crippen LogP contribution >= 0.6 is 0 Å². The van der Waals surface area contributed by atoms with Crippen molar-refractivity contribution in [2.45, 2.75) is 38.0 Å². The number of pyridine rings is 1. The van der Waals surface area contributed by atoms with Gasteiger partial charge in [0.15, 0.2) is 0 Å². The van der Waals surface area contributed by atoms with Gasteiger partial charge in [0.05, 0.1) is 13.7 Å². The number of aliphatic hydroxyl groups excluding tert-OH is 1. The Hall–Kier alpha value is -2.58. The Kier molecular flexibility index (Phi) is 6.71. The smallest absolute Gasteiger partial charge is 0.228 e. The summed E-state index contributed by atoms with van der Waals surface area (Å²) in [5.74, 6) is -1.23. The molecule has 0 aliphatic carbocycles. The van der Waals surface area contributed by atoms with Crippen molar-refractivity contribution in [2.75, 3.05) is 44.8 Å². The second kappa shape index (κ2) is 9.50. The number of amides is 1. The van der Waals surface area contributed by atoms with Gasteiger partial charge in [-0.3, -0.25) is 9.69 Å². The summed E-state index contributed by atoms with van der Waals surface area (Å²) in [6.07, 6.45) is 1.91. The third kappa shape index (κ3) is 4.61. The van der Waals surface area contributed by atoms with Gasteiger partial charge in [0.25, 0.3) is 0 Å². The number of likely N-dealkylation sites (tertiary alicyclic amines) is 1. The lowest BCUT2D eigenvalue weighted by molar-refractivity contribution is -0.117. The standard InChI is InChI=1S/C24H29F2N3O3/c1-15-9-21(16-3-5-28(6-4-16)7-8-30)27-22(10-15)29-14-17(11-23(29)31)24-19(25)12-18(32-2)13-20(24)26/h9-10,12-13,16-17,30H,3-8,11,14H2,1-2H3/t17-/m0/s1. The molecule has 0 saturated carbocycles. The molecule has 6 nitrogen and oxygen atoms in total. The van der Waals surface area contributed by atoms with Crippen molar-refractivity contribution < 1.29 is 23.4 Å². The second-order valence-corrected chi connectivity index (χ2v) is 8.68. The number of carbonyl (C=O) groups is 1. The Morgan fingerprint density at radius 3 is 2.44 bits per heavy atom. The van der Waals surface area contributed by atoms with Gasteiger partial charge in [0.1, 0.15) is 23.2 Å². The van der Waals surface area contributed by atoms with Crippen LogP contribution in [0.1, 0.15) is 47.9 Å². The summed E-state index contributed by atoms with van der Waals surface area (Å²) in [6, 6.07) is 6.21. The van der Waals surface area contributed by atoms with Gasteiger partial charge < -0.3 is 14.7 Å². The highest BCUT2D eigenvalue weighted by molar-refractivity contribution is 5.95. The first kappa shape index (κ1) is 22.6. The number of carbonyl (C=O) groups excluding carboxylic acids is 1. The van der Waals surface area contributed by atoms with Crippen molar-refractivity contribution in [1.82, 2.24) is 9.88 Å². The molecule has 2 saturated heterocycles. The molecule has 1 atom stereocenters. The molecule has 1 aromatic heterocycles. The number of anilines is 1. The van der Waals surface area contributed by atoms with Crippen LogP contribution in [0.2, 0.25) is 0 Å². The largest absolute Gasteiger partial charge is 0.497 e. The highest BCUT2D eigenvalue weighted by Gasteiger charge is 2.36. The molecule has 1 aromatic carbocycles. The summed E-state index contributed by atoms with van der Waals surface area (Å²) < 4.78 is 34.1. The van der Waals surface area contributed by atoms with Gasteiger partial charge in [-0.2, -0.15) is 0 Å². The number of rotatable bonds is 6. The summed E-state index contributed by atoms with van der Waals surface area (Å²) >= 11 is 0. The first-order valence-corrected chi connectivity index (χ1v) is 11.0. The van der Waals surface area contributed by atoms with Crippen LogP contribution in [0, 0.1) is 18.6 Å². The zero-order valence-corrected chi connectivity index (χ0v) is 18.5. The van der Waals surface area contributed by atoms with Crippen LogP contribution in [0.25, 0.3) is 0 Å². The Morgan fingerprint density at radius 2 is 1.81 bits per heavy atom. The number of nitrogens with zero attached hydrogens (tertiary/aromatic N) is 3. The van der Waals surface area contributed by atoms with Gasteiger partial charge in [0.2, 0.25) is 5.91 Å². The Balaban J connectivity index is 1.54. The van der Waals surface area contributed by atoms with Crippen LogP contribution in [-0.4, -0.2) is 60.8 Å². The number of piperidine rings is 1. The van der Waals surface area contributed by atoms with Crippen LogP contribution in [-0.2, 0) is 4.79 Å². The zero-order chi connectivity index (χ0) is 22.8. The molecular weight excluding hydrogens is 416 g/mol. The van der Waals surface area contributed by atoms with Crippen LogP contribution in [0.4, 0.5) is 14.6 Å². The van der Waals surface area contributed by atoms with E-state index in [9.17, 15) is 13.6 Å². The molecule has 172 valence electrons. The molecule has 4 rings (SSSR count). The number of ether oxygens (including phenoxy) is 1. The Labute approximate surface area is 186 Å². The third-order valence-electron chi connectivity index (χ3n) is 6.50. The molecule has 32 heavy (non-hydrogen) atoms. The van der Waals surface area contributed by atoms with E-state index in [4.69, 9.17) is 14.8 Å². The molecule has 1 N–H and O–H groups in total. The van der Waals surface area contributed by atoms with Crippen LogP contribution in [0.3, 0.4) is 0 Å². The van der Waals surface area contributed by atoms with E-state index in [1.165, 1.54) is 7.11 Å². The number of hydrogen-bond donors (Lipinski definition) is 1. The van der Waals surface area contributed by atoms with E-state index in [0.717, 1.165) is 49.3 Å². The molecule has 2 aliphatic rings. The number of hydrogen-bond acceptors (Lipinski definition) is 5. The lowest BCUT2D eigenvalue weighted by atomic mass is 9.92. The Bertz CT molecular complexity index is 969. The molecule has 0 unspecified atom stereocenters. The molecular formula is C24H29F2N3O3. The van der Waals surface area contributed by atoms with E-state index in [2.05, 4.69) is 11.0 Å². The maximum absolute atomic E-state index is 14.6. The predicted octanol–water partition coefficient (Wildman–Crippen LogP) is 3.37. The minimum Gasteiger partial charge on any atom is -0.497 e. The molecule has 3 heterocycles. The molecule has 0 radical (unpaired) electrons. The molecule has 2 aromatic rings. The average Bonchev–Trinajstić information content (AvgIpc) is 3.14. The van der Waals surface area contributed by atoms with Gasteiger partial charge in [-0.15, -0.1) is 0 Å². The van der Waals surface area contributed by atoms with Crippen molar-refractivity contribution in [3.05, 3.63) is 52.7 Å². The van der Waals surface area contributed by atoms with Crippen LogP contribution in [0.15, 0.2) is 24.3 Å². The summed E-state index contributed by atoms with van der Waals surface area (Å²) in [6.45, 7) is 4.79. The number of β-amino-alcohol motifs (C(OH)–C–C–N with tert-alkyl or cyclic N) is 1. The summed E-state index contributed by atoms with van der Waals surface area (Å²) in [4.78, 5) is 21.4. The first-order chi connectivity index (χ1) is 15.4. The van der Waals surface area contributed by atoms with Crippen LogP contribution < -0.4 is 9.64 Å². The van der Waals surface area contributed by atoms with E-state index in [1.54, 1.807) is 4.90 Å². The highest BCUT2D eigenvalue weighted by Crippen LogP contribution is 2.36. The van der Waals surface area contributed by atoms with E-state index >= 15 is 0 Å². The minimum atomic E-state index is -0.700. The fourth-order valence-electron chi connectivity index (χ4n) is 4.81. The third-order valence-corrected chi connectivity index (χ3v) is 6.50. The quantitative estimate of drug-likeness (QED) is 0.739. The number of halogens is 2. The first-order valence-electron chi connectivity index (χ1n) is 11.0. The Morgan fingerprint density at radius 1 is 1.12 bits per heavy atom. The number of methoxy groups -OCH3 is 1. The van der Waals surface area contributed by atoms with Gasteiger partial charge in [-0.1, -0.05) is 0 Å². The fourth-order valence-corrected chi connectivity index (χ4v) is 4.81. The summed E-state index contributed by atoms with van der Waals surface area (Å²) in [5.41, 5.74) is 1.87. The average molecular weight is 446 g/mol. The monoisotopic (exact) mass is 445 g/mol. The van der Waals surface area contributed by atoms with Crippen molar-refractivity contribution >= 4 is 11.7 Å². The van der Waals surface area contributed by atoms with E-state index in [1.807, 2.05) is 13.0 Å². The molecule has 1 amide bonds. The second-order valence-electron chi connectivity index (χ2n) is 8.68. The van der Waals surface area contributed by atoms with Gasteiger partial charge in [-0.25, -0.2) is 13.8 Å². The predicted molar refractivity (Wildman–Crippen MR) is 117 cm³/mol. The molecule has 2 fully saturated rings. The number of aryl methyl sites for hydroxylation is 1. The van der Waals surface area contributed by atoms with Crippen molar-refractivity contribution in [3.63, 3.8) is 0 Å². The lowest BCUT2D eigenvalue weighted by Crippen LogP contribution is -2.35. The normalized spacial score (nSPS) is 20.2. The maximum Gasteiger partial charge on any atom is 0.228 e. The summed E-state index contributed by atoms with van der Waals surface area (Å²) in [7, 11) is 1.35. The zero-order valence-electron chi connectivity index (χ0n) is 18.5. The summed E-state index contributed by atoms with van der Waals surface area (Å²) in [5, 5.41) is 9.14. The van der Waals surface area contributed by atoms with Crippen molar-refractivity contribution in [2.24, 2.45) is 0 Å². The topological polar surface area (TPSA) is 65.9 Å². The van der Waals surface area contributed by atoms with E-state index < -0.39 is 17.6 Å². The highest BCUT2D eigenvalue weighted by atomic mass is 19.1. The molecule has 8 heteroatoms. The number of benzene rings is 1. The van der Waals surface area contributed by atoms with Crippen molar-refractivity contribution in [1.29, 1.82) is 0 Å². The molecule has 2 aliphatic heterocycles. The number of aromatic nitrogens is 1. The fraction of sp³-hybridized carbons (Fsp3) is 0.500. The lowest BCUT2D eigenvalue weighted by Gasteiger charge is -2.31. The van der Waals surface area contributed by atoms with Crippen LogP contribution in [0.5, 0.6) is 5.75 Å². The van der Waals surface area contributed by atoms with Gasteiger partial charge >= 0.3 is 0 Å².